The van der Waals surface area contributed by atoms with Gasteiger partial charge >= 0.3 is 259 Å². The van der Waals surface area contributed by atoms with Crippen molar-refractivity contribution >= 4 is 65.5 Å². The number of fused-ring (bicyclic) bond motifs is 1. The molecule has 3 aliphatic rings. The Morgan fingerprint density at radius 2 is 1.69 bits per heavy atom. The van der Waals surface area contributed by atoms with Gasteiger partial charge in [0.25, 0.3) is 0 Å². The first-order valence-electron chi connectivity index (χ1n) is 13.6. The predicted molar refractivity (Wildman–Crippen MR) is 178 cm³/mol. The molecule has 3 N–H and O–H groups in total. The maximum absolute atomic E-state index is 6.45. The van der Waals surface area contributed by atoms with Crippen molar-refractivity contribution in [2.24, 2.45) is 10.7 Å². The molecule has 3 aromatic carbocycles. The van der Waals surface area contributed by atoms with Gasteiger partial charge in [0.15, 0.2) is 0 Å². The second-order valence-electron chi connectivity index (χ2n) is 10.5. The first-order valence-corrected chi connectivity index (χ1v) is 19.4. The summed E-state index contributed by atoms with van der Waals surface area (Å²) in [5, 5.41) is 4.60. The van der Waals surface area contributed by atoms with Gasteiger partial charge in [-0.3, -0.25) is 0 Å². The zero-order valence-electron chi connectivity index (χ0n) is 21.9. The van der Waals surface area contributed by atoms with E-state index in [1.165, 1.54) is 58.5 Å². The molecule has 0 aromatic heterocycles. The molecule has 0 amide bonds. The molecule has 8 heteroatoms. The molecule has 0 radical (unpaired) electrons. The van der Waals surface area contributed by atoms with Gasteiger partial charge in [-0.05, 0) is 0 Å². The van der Waals surface area contributed by atoms with E-state index in [1.54, 1.807) is 0 Å². The number of alkyl halides is 3. The predicted octanol–water partition coefficient (Wildman–Crippen LogP) is 8.06. The third kappa shape index (κ3) is 6.21. The van der Waals surface area contributed by atoms with Gasteiger partial charge in [-0.25, -0.2) is 0 Å². The van der Waals surface area contributed by atoms with Crippen LogP contribution in [0.1, 0.15) is 44.1 Å². The van der Waals surface area contributed by atoms with E-state index in [2.05, 4.69) is 69.3 Å². The van der Waals surface area contributed by atoms with E-state index in [-0.39, 0.29) is 5.54 Å². The van der Waals surface area contributed by atoms with Crippen LogP contribution in [0.5, 0.6) is 11.5 Å². The van der Waals surface area contributed by atoms with Gasteiger partial charge in [0.2, 0.25) is 0 Å². The van der Waals surface area contributed by atoms with Crippen molar-refractivity contribution in [3.63, 3.8) is 0 Å². The number of halogens is 3. The molecule has 1 saturated carbocycles. The van der Waals surface area contributed by atoms with Gasteiger partial charge in [-0.2, -0.15) is 0 Å². The topological polar surface area (TPSA) is 68.9 Å². The van der Waals surface area contributed by atoms with Crippen LogP contribution < -0.4 is 20.5 Å². The van der Waals surface area contributed by atoms with Crippen molar-refractivity contribution in [3.8, 4) is 22.6 Å². The van der Waals surface area contributed by atoms with Gasteiger partial charge in [0, 0.05) is 0 Å². The number of nitrogens with two attached hydrogens (primary N) is 1. The summed E-state index contributed by atoms with van der Waals surface area (Å²) in [6.07, 6.45) is 8.21. The second kappa shape index (κ2) is 12.1. The Balaban J connectivity index is 1.22. The van der Waals surface area contributed by atoms with Gasteiger partial charge < -0.3 is 0 Å². The summed E-state index contributed by atoms with van der Waals surface area (Å²) in [5.41, 5.74) is 10.8. The van der Waals surface area contributed by atoms with E-state index in [4.69, 9.17) is 26.8 Å². The zero-order valence-corrected chi connectivity index (χ0v) is 27.0. The fourth-order valence-corrected chi connectivity index (χ4v) is 14.6. The van der Waals surface area contributed by atoms with Crippen LogP contribution in [-0.2, 0) is 5.54 Å². The molecule has 206 valence electrons. The number of nitrogens with zero attached hydrogens (tertiary/aromatic N) is 1. The fourth-order valence-electron chi connectivity index (χ4n) is 5.92. The Bertz CT molecular complexity index is 1350. The van der Waals surface area contributed by atoms with E-state index in [1.807, 2.05) is 24.3 Å². The van der Waals surface area contributed by atoms with Crippen LogP contribution in [0.15, 0.2) is 65.7 Å². The van der Waals surface area contributed by atoms with Crippen molar-refractivity contribution in [1.82, 2.24) is 5.32 Å². The summed E-state index contributed by atoms with van der Waals surface area (Å²) >= 11 is 7.62. The van der Waals surface area contributed by atoms with Crippen LogP contribution in [0.2, 0.25) is 5.02 Å². The SMILES string of the molecule is NC(CNC1(c2ccc(-c3ccc4c(c3)OCO4)cc2)CCI(C2CCCC2)CC1)=Nc1ccc(I)c(Cl)c1. The van der Waals surface area contributed by atoms with Crippen molar-refractivity contribution in [2.45, 2.75) is 48.0 Å². The number of ether oxygens (including phenoxy) is 2. The molecule has 2 aliphatic heterocycles. The van der Waals surface area contributed by atoms with Crippen LogP contribution in [0.4, 0.5) is 5.69 Å². The molecule has 1 aliphatic carbocycles. The van der Waals surface area contributed by atoms with E-state index in [0.29, 0.717) is 24.2 Å². The number of amidine groups is 1. The van der Waals surface area contributed by atoms with Crippen LogP contribution in [-0.4, -0.2) is 32.0 Å². The minimum absolute atomic E-state index is 0.0795. The first-order chi connectivity index (χ1) is 19.0. The van der Waals surface area contributed by atoms with Crippen molar-refractivity contribution in [3.05, 3.63) is 74.8 Å². The van der Waals surface area contributed by atoms with Gasteiger partial charge in [-0.1, -0.05) is 0 Å². The Morgan fingerprint density at radius 1 is 0.974 bits per heavy atom. The average molecular weight is 770 g/mol. The molecular weight excluding hydrogens is 736 g/mol. The molecule has 1 saturated heterocycles. The van der Waals surface area contributed by atoms with Crippen molar-refractivity contribution in [2.75, 3.05) is 22.2 Å². The molecular formula is C31H34ClI2N3O2. The number of aliphatic imine (C=N–C) groups is 1. The molecule has 0 bridgehead atoms. The molecule has 39 heavy (non-hydrogen) atoms. The fraction of sp³-hybridized carbons (Fsp3) is 0.387. The summed E-state index contributed by atoms with van der Waals surface area (Å²) in [6, 6.07) is 21.1. The Labute approximate surface area is 256 Å². The Kier molecular flexibility index (Phi) is 8.58. The molecule has 0 unspecified atom stereocenters. The number of rotatable bonds is 7. The summed E-state index contributed by atoms with van der Waals surface area (Å²) in [5.74, 6) is 2.21. The number of benzene rings is 3. The Hall–Kier alpha value is -1.56. The van der Waals surface area contributed by atoms with Gasteiger partial charge in [0.1, 0.15) is 0 Å². The summed E-state index contributed by atoms with van der Waals surface area (Å²) < 4.78 is 16.0. The standard InChI is InChI=1S/C31H34ClI2N3O2/c32-26-18-25(10-11-27(26)33)37-30(35)19-36-31(13-15-34(16-14-31)24-3-1-2-4-24)23-8-5-21(6-9-23)22-7-12-28-29(17-22)39-20-38-28/h5-12,17-18,24,36H,1-4,13-16,19-20H2,(H2,35,37). The third-order valence-electron chi connectivity index (χ3n) is 8.18. The first kappa shape index (κ1) is 27.6. The van der Waals surface area contributed by atoms with Crippen molar-refractivity contribution in [1.29, 1.82) is 0 Å². The summed E-state index contributed by atoms with van der Waals surface area (Å²) in [4.78, 5) is 4.66. The maximum atomic E-state index is 6.45. The van der Waals surface area contributed by atoms with E-state index < -0.39 is 19.8 Å². The molecule has 6 rings (SSSR count). The van der Waals surface area contributed by atoms with Gasteiger partial charge in [0.05, 0.1) is 0 Å². The number of hydrogen-bond donors (Lipinski definition) is 2. The normalized spacial score (nSPS) is 19.9. The number of hydrogen-bond acceptors (Lipinski definition) is 4. The molecule has 0 spiro atoms. The molecule has 3 aromatic rings. The molecule has 5 nitrogen and oxygen atoms in total. The molecule has 2 heterocycles. The average Bonchev–Trinajstić information content (AvgIpc) is 3.67. The van der Waals surface area contributed by atoms with Gasteiger partial charge in [-0.15, -0.1) is 0 Å². The monoisotopic (exact) mass is 769 g/mol. The third-order valence-corrected chi connectivity index (χ3v) is 17.3. The van der Waals surface area contributed by atoms with E-state index in [9.17, 15) is 0 Å². The zero-order chi connectivity index (χ0) is 26.8. The molecule has 2 fully saturated rings. The number of nitrogens with one attached hydrogen (secondary N) is 1. The Morgan fingerprint density at radius 3 is 2.44 bits per heavy atom. The second-order valence-corrected chi connectivity index (χ2v) is 18.9. The van der Waals surface area contributed by atoms with E-state index >= 15 is 0 Å². The van der Waals surface area contributed by atoms with Crippen LogP contribution in [0.3, 0.4) is 0 Å². The summed E-state index contributed by atoms with van der Waals surface area (Å²) in [6.45, 7) is 0.839. The van der Waals surface area contributed by atoms with E-state index in [0.717, 1.165) is 30.2 Å². The summed E-state index contributed by atoms with van der Waals surface area (Å²) in [7, 11) is 0. The minimum atomic E-state index is -0.910. The van der Waals surface area contributed by atoms with Crippen molar-refractivity contribution < 1.29 is 9.47 Å². The van der Waals surface area contributed by atoms with Crippen LogP contribution >= 0.6 is 54.0 Å². The van der Waals surface area contributed by atoms with Crippen LogP contribution in [0, 0.1) is 3.57 Å². The van der Waals surface area contributed by atoms with Crippen LogP contribution in [0.25, 0.3) is 11.1 Å². The quantitative estimate of drug-likeness (QED) is 0.111. The molecule has 0 atom stereocenters.